The van der Waals surface area contributed by atoms with Crippen LogP contribution in [0.25, 0.3) is 0 Å². The van der Waals surface area contributed by atoms with Crippen molar-refractivity contribution in [3.8, 4) is 0 Å². The van der Waals surface area contributed by atoms with Gasteiger partial charge in [-0.15, -0.1) is 0 Å². The highest BCUT2D eigenvalue weighted by Crippen LogP contribution is 2.34. The minimum Gasteiger partial charge on any atom is -0.348 e. The second kappa shape index (κ2) is 9.44. The molecule has 2 atom stereocenters. The Morgan fingerprint density at radius 1 is 0.957 bits per heavy atom. The summed E-state index contributed by atoms with van der Waals surface area (Å²) in [5, 5.41) is 0. The van der Waals surface area contributed by atoms with Crippen LogP contribution >= 0.6 is 0 Å². The van der Waals surface area contributed by atoms with E-state index in [0.717, 1.165) is 25.6 Å². The fourth-order valence-electron chi connectivity index (χ4n) is 3.82. The van der Waals surface area contributed by atoms with E-state index in [1.54, 1.807) is 0 Å². The number of ether oxygens (including phenoxy) is 2. The Morgan fingerprint density at radius 3 is 2.26 bits per heavy atom. The molecule has 130 valence electrons. The van der Waals surface area contributed by atoms with Crippen molar-refractivity contribution in [2.75, 3.05) is 13.2 Å². The molecule has 2 heteroatoms. The van der Waals surface area contributed by atoms with Crippen molar-refractivity contribution in [1.82, 2.24) is 0 Å². The van der Waals surface area contributed by atoms with Crippen LogP contribution in [0.15, 0.2) is 30.3 Å². The molecule has 1 heterocycles. The van der Waals surface area contributed by atoms with E-state index in [2.05, 4.69) is 51.1 Å². The minimum absolute atomic E-state index is 0.333. The molecule has 0 radical (unpaired) electrons. The highest BCUT2D eigenvalue weighted by molar-refractivity contribution is 5.14. The first-order chi connectivity index (χ1) is 11.2. The molecule has 0 spiro atoms. The standard InChI is InChI=1S/C21H34O2/c1-4-18(14-15-19-10-7-6-8-11-19)12-9-13-20(5-2)21(3)22-16-17-23-21/h6-8,10-11,18,20H,4-5,9,12-17H2,1-3H3/t18-,20-/m0/s1. The van der Waals surface area contributed by atoms with Gasteiger partial charge in [0.1, 0.15) is 0 Å². The normalized spacial score (nSPS) is 19.6. The average molecular weight is 319 g/mol. The summed E-state index contributed by atoms with van der Waals surface area (Å²) in [5.74, 6) is 1.03. The molecular weight excluding hydrogens is 284 g/mol. The maximum atomic E-state index is 5.86. The largest absolute Gasteiger partial charge is 0.348 e. The second-order valence-electron chi connectivity index (χ2n) is 7.05. The summed E-state index contributed by atoms with van der Waals surface area (Å²) in [7, 11) is 0. The molecule has 0 N–H and O–H groups in total. The first-order valence-corrected chi connectivity index (χ1v) is 9.49. The van der Waals surface area contributed by atoms with Gasteiger partial charge in [-0.3, -0.25) is 0 Å². The predicted molar refractivity (Wildman–Crippen MR) is 96.5 cm³/mol. The Labute approximate surface area is 142 Å². The van der Waals surface area contributed by atoms with E-state index < -0.39 is 0 Å². The maximum Gasteiger partial charge on any atom is 0.168 e. The Bertz CT molecular complexity index is 423. The van der Waals surface area contributed by atoms with Crippen LogP contribution in [-0.2, 0) is 15.9 Å². The molecule has 0 amide bonds. The second-order valence-corrected chi connectivity index (χ2v) is 7.05. The van der Waals surface area contributed by atoms with Crippen LogP contribution < -0.4 is 0 Å². The molecule has 1 aliphatic heterocycles. The van der Waals surface area contributed by atoms with E-state index >= 15 is 0 Å². The van der Waals surface area contributed by atoms with Gasteiger partial charge in [-0.05, 0) is 44.1 Å². The third-order valence-corrected chi connectivity index (χ3v) is 5.52. The molecule has 23 heavy (non-hydrogen) atoms. The molecule has 0 unspecified atom stereocenters. The van der Waals surface area contributed by atoms with Gasteiger partial charge in [0, 0.05) is 5.92 Å². The fourth-order valence-corrected chi connectivity index (χ4v) is 3.82. The van der Waals surface area contributed by atoms with Crippen molar-refractivity contribution in [2.45, 2.75) is 71.5 Å². The van der Waals surface area contributed by atoms with Gasteiger partial charge in [-0.2, -0.15) is 0 Å². The summed E-state index contributed by atoms with van der Waals surface area (Å²) in [6.45, 7) is 8.22. The maximum absolute atomic E-state index is 5.86. The summed E-state index contributed by atoms with van der Waals surface area (Å²) in [6.07, 6.45) is 8.77. The molecule has 1 saturated heterocycles. The molecule has 0 bridgehead atoms. The lowest BCUT2D eigenvalue weighted by atomic mass is 9.87. The lowest BCUT2D eigenvalue weighted by molar-refractivity contribution is -0.184. The van der Waals surface area contributed by atoms with Gasteiger partial charge in [0.15, 0.2) is 5.79 Å². The smallest absolute Gasteiger partial charge is 0.168 e. The summed E-state index contributed by atoms with van der Waals surface area (Å²) in [5.41, 5.74) is 1.47. The number of rotatable bonds is 10. The molecule has 1 aromatic carbocycles. The van der Waals surface area contributed by atoms with Gasteiger partial charge >= 0.3 is 0 Å². The highest BCUT2D eigenvalue weighted by atomic mass is 16.7. The molecule has 2 rings (SSSR count). The number of benzene rings is 1. The van der Waals surface area contributed by atoms with E-state index in [0.29, 0.717) is 5.92 Å². The van der Waals surface area contributed by atoms with Crippen LogP contribution in [0.2, 0.25) is 0 Å². The lowest BCUT2D eigenvalue weighted by Gasteiger charge is -2.32. The van der Waals surface area contributed by atoms with Crippen LogP contribution in [0, 0.1) is 11.8 Å². The van der Waals surface area contributed by atoms with Crippen molar-refractivity contribution in [1.29, 1.82) is 0 Å². The lowest BCUT2D eigenvalue weighted by Crippen LogP contribution is -2.35. The number of aryl methyl sites for hydroxylation is 1. The zero-order valence-electron chi connectivity index (χ0n) is 15.2. The zero-order valence-corrected chi connectivity index (χ0v) is 15.2. The monoisotopic (exact) mass is 318 g/mol. The van der Waals surface area contributed by atoms with Crippen molar-refractivity contribution in [3.05, 3.63) is 35.9 Å². The molecule has 1 fully saturated rings. The Morgan fingerprint density at radius 2 is 1.65 bits per heavy atom. The van der Waals surface area contributed by atoms with Crippen LogP contribution in [0.5, 0.6) is 0 Å². The van der Waals surface area contributed by atoms with Crippen LogP contribution in [-0.4, -0.2) is 19.0 Å². The zero-order chi connectivity index (χ0) is 16.5. The summed E-state index contributed by atoms with van der Waals surface area (Å²) in [6, 6.07) is 10.9. The fraction of sp³-hybridized carbons (Fsp3) is 0.714. The van der Waals surface area contributed by atoms with E-state index in [9.17, 15) is 0 Å². The molecule has 1 aromatic rings. The molecule has 2 nitrogen and oxygen atoms in total. The molecule has 0 aliphatic carbocycles. The first-order valence-electron chi connectivity index (χ1n) is 9.49. The van der Waals surface area contributed by atoms with Crippen molar-refractivity contribution >= 4 is 0 Å². The minimum atomic E-state index is -0.333. The van der Waals surface area contributed by atoms with Gasteiger partial charge in [0.2, 0.25) is 0 Å². The van der Waals surface area contributed by atoms with Crippen LogP contribution in [0.3, 0.4) is 0 Å². The quantitative estimate of drug-likeness (QED) is 0.558. The van der Waals surface area contributed by atoms with E-state index in [-0.39, 0.29) is 5.79 Å². The number of hydrogen-bond acceptors (Lipinski definition) is 2. The summed E-state index contributed by atoms with van der Waals surface area (Å²) >= 11 is 0. The first kappa shape index (κ1) is 18.5. The third-order valence-electron chi connectivity index (χ3n) is 5.52. The van der Waals surface area contributed by atoms with Gasteiger partial charge in [-0.25, -0.2) is 0 Å². The van der Waals surface area contributed by atoms with Crippen molar-refractivity contribution in [2.24, 2.45) is 11.8 Å². The Kier molecular flexibility index (Phi) is 7.58. The van der Waals surface area contributed by atoms with Crippen molar-refractivity contribution in [3.63, 3.8) is 0 Å². The summed E-state index contributed by atoms with van der Waals surface area (Å²) < 4.78 is 11.7. The molecular formula is C21H34O2. The predicted octanol–water partition coefficient (Wildman–Crippen LogP) is 5.60. The van der Waals surface area contributed by atoms with Crippen molar-refractivity contribution < 1.29 is 9.47 Å². The van der Waals surface area contributed by atoms with Gasteiger partial charge < -0.3 is 9.47 Å². The van der Waals surface area contributed by atoms with Gasteiger partial charge in [0.25, 0.3) is 0 Å². The van der Waals surface area contributed by atoms with Crippen LogP contribution in [0.1, 0.15) is 64.9 Å². The molecule has 0 aromatic heterocycles. The average Bonchev–Trinajstić information content (AvgIpc) is 3.03. The Balaban J connectivity index is 1.72. The Hall–Kier alpha value is -0.860. The SMILES string of the molecule is CC[C@@H](CCC[C@H](CC)C1(C)OCCO1)CCc1ccccc1. The van der Waals surface area contributed by atoms with Crippen LogP contribution in [0.4, 0.5) is 0 Å². The van der Waals surface area contributed by atoms with Gasteiger partial charge in [-0.1, -0.05) is 63.4 Å². The van der Waals surface area contributed by atoms with Gasteiger partial charge in [0.05, 0.1) is 13.2 Å². The number of hydrogen-bond donors (Lipinski definition) is 0. The summed E-state index contributed by atoms with van der Waals surface area (Å²) in [4.78, 5) is 0. The third kappa shape index (κ3) is 5.61. The molecule has 1 aliphatic rings. The molecule has 0 saturated carbocycles. The van der Waals surface area contributed by atoms with E-state index in [4.69, 9.17) is 9.47 Å². The van der Waals surface area contributed by atoms with E-state index in [1.807, 2.05) is 0 Å². The topological polar surface area (TPSA) is 18.5 Å². The van der Waals surface area contributed by atoms with E-state index in [1.165, 1.54) is 44.1 Å². The highest BCUT2D eigenvalue weighted by Gasteiger charge is 2.38.